The van der Waals surface area contributed by atoms with E-state index in [0.29, 0.717) is 27.0 Å². The summed E-state index contributed by atoms with van der Waals surface area (Å²) in [6.07, 6.45) is 1.58. The molecular formula is C38H29ClN4O3S2. The van der Waals surface area contributed by atoms with E-state index in [2.05, 4.69) is 45.2 Å². The van der Waals surface area contributed by atoms with Gasteiger partial charge in [-0.3, -0.25) is 14.4 Å². The Kier molecular flexibility index (Phi) is 10.3. The Morgan fingerprint density at radius 2 is 1.56 bits per heavy atom. The molecule has 48 heavy (non-hydrogen) atoms. The minimum Gasteiger partial charge on any atom is -0.321 e. The second-order valence-electron chi connectivity index (χ2n) is 10.8. The van der Waals surface area contributed by atoms with E-state index in [4.69, 9.17) is 11.6 Å². The quantitative estimate of drug-likeness (QED) is 0.0985. The lowest BCUT2D eigenvalue weighted by Crippen LogP contribution is -2.30. The Morgan fingerprint density at radius 1 is 0.812 bits per heavy atom. The predicted octanol–water partition coefficient (Wildman–Crippen LogP) is 9.15. The number of carbonyl (C=O) groups excluding carboxylic acids is 3. The zero-order valence-corrected chi connectivity index (χ0v) is 28.0. The van der Waals surface area contributed by atoms with Crippen LogP contribution in [0.25, 0.3) is 28.1 Å². The maximum atomic E-state index is 13.5. The lowest BCUT2D eigenvalue weighted by atomic mass is 10.1. The lowest BCUT2D eigenvalue weighted by Gasteiger charge is -2.13. The van der Waals surface area contributed by atoms with Crippen LogP contribution in [0.5, 0.6) is 0 Å². The van der Waals surface area contributed by atoms with E-state index in [1.54, 1.807) is 72.8 Å². The molecule has 0 spiro atoms. The summed E-state index contributed by atoms with van der Waals surface area (Å²) in [4.78, 5) is 45.0. The van der Waals surface area contributed by atoms with Crippen molar-refractivity contribution in [2.75, 3.05) is 10.6 Å². The Labute approximate surface area is 291 Å². The summed E-state index contributed by atoms with van der Waals surface area (Å²) in [7, 11) is 0. The zero-order chi connectivity index (χ0) is 33.5. The molecule has 1 atom stereocenters. The molecule has 0 saturated heterocycles. The van der Waals surface area contributed by atoms with Crippen molar-refractivity contribution in [1.29, 1.82) is 0 Å². The van der Waals surface area contributed by atoms with Crippen molar-refractivity contribution in [1.82, 2.24) is 10.3 Å². The van der Waals surface area contributed by atoms with Crippen LogP contribution in [0, 0.1) is 0 Å². The van der Waals surface area contributed by atoms with Gasteiger partial charge in [0.1, 0.15) is 5.70 Å². The number of benzene rings is 5. The number of nitrogens with one attached hydrogen (secondary N) is 3. The molecule has 1 unspecified atom stereocenters. The van der Waals surface area contributed by atoms with E-state index in [-0.39, 0.29) is 11.6 Å². The average Bonchev–Trinajstić information content (AvgIpc) is 3.57. The number of hydrogen-bond donors (Lipinski definition) is 3. The topological polar surface area (TPSA) is 100 Å². The third-order valence-electron chi connectivity index (χ3n) is 7.26. The molecule has 238 valence electrons. The van der Waals surface area contributed by atoms with Crippen molar-refractivity contribution >= 4 is 80.1 Å². The number of anilines is 2. The van der Waals surface area contributed by atoms with Crippen LogP contribution < -0.4 is 16.0 Å². The Balaban J connectivity index is 1.11. The summed E-state index contributed by atoms with van der Waals surface area (Å²) in [6.45, 7) is 1.81. The molecule has 0 fully saturated rings. The summed E-state index contributed by atoms with van der Waals surface area (Å²) in [6, 6.07) is 37.1. The van der Waals surface area contributed by atoms with Gasteiger partial charge < -0.3 is 16.0 Å². The average molecular weight is 689 g/mol. The van der Waals surface area contributed by atoms with Crippen molar-refractivity contribution in [3.63, 3.8) is 0 Å². The van der Waals surface area contributed by atoms with Crippen LogP contribution in [0.15, 0.2) is 137 Å². The summed E-state index contributed by atoms with van der Waals surface area (Å²) < 4.78 is 0. The molecule has 6 rings (SSSR count). The van der Waals surface area contributed by atoms with Gasteiger partial charge in [-0.05, 0) is 77.9 Å². The van der Waals surface area contributed by atoms with Gasteiger partial charge >= 0.3 is 0 Å². The fourth-order valence-electron chi connectivity index (χ4n) is 4.79. The molecule has 0 aliphatic heterocycles. The summed E-state index contributed by atoms with van der Waals surface area (Å²) in [5.74, 6) is -1.11. The number of thiazole rings is 1. The minimum absolute atomic E-state index is 0.0588. The fourth-order valence-corrected chi connectivity index (χ4v) is 6.57. The van der Waals surface area contributed by atoms with Gasteiger partial charge in [-0.2, -0.15) is 0 Å². The molecule has 0 saturated carbocycles. The van der Waals surface area contributed by atoms with Gasteiger partial charge in [0.05, 0.1) is 10.9 Å². The number of fused-ring (bicyclic) bond motifs is 1. The standard InChI is InChI=1S/C38H29ClN4O3S2/c1-24(35(44)43-38-42-34(23-47-38)29-17-16-26-8-5-6-11-28(26)21-29)48-32-13-7-12-31(22-32)40-37(46)33(20-25-14-18-30(39)19-15-25)41-36(45)27-9-3-2-4-10-27/h2-24H,1H3,(H,40,46)(H,41,45)(H,42,43,44)/b33-20-. The third-order valence-corrected chi connectivity index (χ3v) is 9.37. The van der Waals surface area contributed by atoms with Gasteiger partial charge in [0.15, 0.2) is 5.13 Å². The predicted molar refractivity (Wildman–Crippen MR) is 197 cm³/mol. The molecule has 5 aromatic carbocycles. The number of rotatable bonds is 10. The Hall–Kier alpha value is -5.22. The molecule has 7 nitrogen and oxygen atoms in total. The second-order valence-corrected chi connectivity index (χ2v) is 13.5. The first-order valence-electron chi connectivity index (χ1n) is 15.0. The van der Waals surface area contributed by atoms with Gasteiger partial charge in [0.25, 0.3) is 11.8 Å². The Bertz CT molecular complexity index is 2130. The van der Waals surface area contributed by atoms with Gasteiger partial charge in [0.2, 0.25) is 5.91 Å². The lowest BCUT2D eigenvalue weighted by molar-refractivity contribution is -0.115. The van der Waals surface area contributed by atoms with Crippen molar-refractivity contribution in [2.45, 2.75) is 17.1 Å². The highest BCUT2D eigenvalue weighted by atomic mass is 35.5. The van der Waals surface area contributed by atoms with Crippen LogP contribution in [0.2, 0.25) is 5.02 Å². The maximum absolute atomic E-state index is 13.5. The summed E-state index contributed by atoms with van der Waals surface area (Å²) in [5.41, 5.74) is 3.45. The van der Waals surface area contributed by atoms with E-state index >= 15 is 0 Å². The largest absolute Gasteiger partial charge is 0.321 e. The van der Waals surface area contributed by atoms with Crippen LogP contribution in [-0.4, -0.2) is 28.0 Å². The van der Waals surface area contributed by atoms with E-state index < -0.39 is 17.1 Å². The number of amides is 3. The van der Waals surface area contributed by atoms with Gasteiger partial charge in [-0.15, -0.1) is 23.1 Å². The molecule has 10 heteroatoms. The SMILES string of the molecule is CC(Sc1cccc(NC(=O)/C(=C/c2ccc(Cl)cc2)NC(=O)c2ccccc2)c1)C(=O)Nc1nc(-c2ccc3ccccc3c2)cs1. The smallest absolute Gasteiger partial charge is 0.272 e. The van der Waals surface area contributed by atoms with Crippen LogP contribution >= 0.6 is 34.7 Å². The second kappa shape index (κ2) is 15.1. The first kappa shape index (κ1) is 32.7. The van der Waals surface area contributed by atoms with Crippen LogP contribution in [-0.2, 0) is 9.59 Å². The van der Waals surface area contributed by atoms with Crippen molar-refractivity contribution in [2.24, 2.45) is 0 Å². The Morgan fingerprint density at radius 3 is 2.35 bits per heavy atom. The highest BCUT2D eigenvalue weighted by molar-refractivity contribution is 8.00. The fraction of sp³-hybridized carbons (Fsp3) is 0.0526. The molecule has 1 heterocycles. The molecular weight excluding hydrogens is 660 g/mol. The maximum Gasteiger partial charge on any atom is 0.272 e. The highest BCUT2D eigenvalue weighted by Crippen LogP contribution is 2.30. The highest BCUT2D eigenvalue weighted by Gasteiger charge is 2.18. The molecule has 0 aliphatic rings. The third kappa shape index (κ3) is 8.38. The minimum atomic E-state index is -0.506. The van der Waals surface area contributed by atoms with Gasteiger partial charge in [-0.1, -0.05) is 84.4 Å². The van der Waals surface area contributed by atoms with Crippen LogP contribution in [0.3, 0.4) is 0 Å². The summed E-state index contributed by atoms with van der Waals surface area (Å²) >= 11 is 8.76. The van der Waals surface area contributed by atoms with Gasteiger partial charge in [0, 0.05) is 32.1 Å². The molecule has 6 aromatic rings. The van der Waals surface area contributed by atoms with E-state index in [1.807, 2.05) is 42.6 Å². The monoisotopic (exact) mass is 688 g/mol. The van der Waals surface area contributed by atoms with Gasteiger partial charge in [-0.25, -0.2) is 4.98 Å². The van der Waals surface area contributed by atoms with E-state index in [0.717, 1.165) is 26.9 Å². The first-order chi connectivity index (χ1) is 23.3. The number of nitrogens with zero attached hydrogens (tertiary/aromatic N) is 1. The van der Waals surface area contributed by atoms with Crippen molar-refractivity contribution < 1.29 is 14.4 Å². The van der Waals surface area contributed by atoms with Crippen molar-refractivity contribution in [3.05, 3.63) is 149 Å². The molecule has 3 amide bonds. The number of aromatic nitrogens is 1. The number of thioether (sulfide) groups is 1. The zero-order valence-electron chi connectivity index (χ0n) is 25.6. The van der Waals surface area contributed by atoms with E-state index in [9.17, 15) is 14.4 Å². The summed E-state index contributed by atoms with van der Waals surface area (Å²) in [5, 5.41) is 13.4. The van der Waals surface area contributed by atoms with Crippen molar-refractivity contribution in [3.8, 4) is 11.3 Å². The molecule has 0 radical (unpaired) electrons. The van der Waals surface area contributed by atoms with Crippen LogP contribution in [0.1, 0.15) is 22.8 Å². The molecule has 0 bridgehead atoms. The molecule has 0 aliphatic carbocycles. The number of carbonyl (C=O) groups is 3. The number of hydrogen-bond acceptors (Lipinski definition) is 6. The molecule has 1 aromatic heterocycles. The number of halogens is 1. The van der Waals surface area contributed by atoms with E-state index in [1.165, 1.54) is 23.1 Å². The normalized spacial score (nSPS) is 11.9. The molecule has 3 N–H and O–H groups in total. The van der Waals surface area contributed by atoms with Crippen LogP contribution in [0.4, 0.5) is 10.8 Å². The first-order valence-corrected chi connectivity index (χ1v) is 17.1.